The van der Waals surface area contributed by atoms with E-state index in [9.17, 15) is 18.0 Å². The third-order valence-corrected chi connectivity index (χ3v) is 4.31. The van der Waals surface area contributed by atoms with E-state index in [0.717, 1.165) is 0 Å². The number of ketones is 1. The lowest BCUT2D eigenvalue weighted by molar-refractivity contribution is -0.148. The van der Waals surface area contributed by atoms with Gasteiger partial charge in [0.15, 0.2) is 17.7 Å². The fourth-order valence-electron chi connectivity index (χ4n) is 3.18. The van der Waals surface area contributed by atoms with Gasteiger partial charge in [-0.05, 0) is 4.89 Å². The summed E-state index contributed by atoms with van der Waals surface area (Å²) in [6, 6.07) is -1.72. The van der Waals surface area contributed by atoms with E-state index < -0.39 is 40.4 Å². The normalized spacial score (nSPS) is 31.7. The Hall–Kier alpha value is -2.45. The fourth-order valence-corrected chi connectivity index (χ4v) is 3.37. The molecule has 3 atom stereocenters. The van der Waals surface area contributed by atoms with Gasteiger partial charge < -0.3 is 26.5 Å². The van der Waals surface area contributed by atoms with Crippen molar-refractivity contribution in [1.29, 1.82) is 0 Å². The Bertz CT molecular complexity index is 764. The number of carbonyl (C=O) groups excluding carboxylic acids is 2. The van der Waals surface area contributed by atoms with Crippen LogP contribution in [0.1, 0.15) is 12.8 Å². The van der Waals surface area contributed by atoms with Crippen LogP contribution in [-0.4, -0.2) is 65.8 Å². The van der Waals surface area contributed by atoms with Gasteiger partial charge in [0, 0.05) is 13.0 Å². The molecular weight excluding hydrogens is 346 g/mol. The van der Waals surface area contributed by atoms with Crippen molar-refractivity contribution in [3.8, 4) is 0 Å². The molecule has 1 spiro atoms. The highest BCUT2D eigenvalue weighted by Crippen LogP contribution is 2.37. The number of nitrogens with one attached hydrogen (secondary N) is 2. The summed E-state index contributed by atoms with van der Waals surface area (Å²) in [5, 5.41) is 2.81. The summed E-state index contributed by atoms with van der Waals surface area (Å²) in [5.41, 5.74) is 10.3. The smallest absolute Gasteiger partial charge is 0.365 e. The third kappa shape index (κ3) is 2.53. The topological polar surface area (TPSA) is 202 Å². The molecule has 0 amide bonds. The second kappa shape index (κ2) is 5.29. The zero-order valence-corrected chi connectivity index (χ0v) is 13.0. The first kappa shape index (κ1) is 16.4. The third-order valence-electron chi connectivity index (χ3n) is 4.01. The fraction of sp³-hybridized carbons (Fsp3) is 0.600. The molecule has 0 aromatic carbocycles. The van der Waals surface area contributed by atoms with Crippen LogP contribution in [0.4, 0.5) is 0 Å². The Morgan fingerprint density at radius 3 is 2.88 bits per heavy atom. The van der Waals surface area contributed by atoms with Crippen LogP contribution in [0.5, 0.6) is 0 Å². The Labute approximate surface area is 135 Å². The lowest BCUT2D eigenvalue weighted by Crippen LogP contribution is -2.71. The van der Waals surface area contributed by atoms with Crippen LogP contribution < -0.4 is 21.7 Å². The molecule has 0 saturated carbocycles. The summed E-state index contributed by atoms with van der Waals surface area (Å²) in [7, 11) is -4.70. The zero-order chi connectivity index (χ0) is 17.7. The number of Topliss-reactive ketones (excluding diaryl/α,β-unsaturated/α-hetero) is 1. The van der Waals surface area contributed by atoms with Gasteiger partial charge in [-0.3, -0.25) is 14.1 Å². The summed E-state index contributed by atoms with van der Waals surface area (Å²) in [6.07, 6.45) is -0.223. The first-order chi connectivity index (χ1) is 11.1. The van der Waals surface area contributed by atoms with Crippen LogP contribution in [0.25, 0.3) is 0 Å². The molecule has 3 rings (SSSR count). The van der Waals surface area contributed by atoms with Crippen molar-refractivity contribution in [2.24, 2.45) is 21.5 Å². The molecule has 24 heavy (non-hydrogen) atoms. The molecule has 3 aliphatic heterocycles. The minimum absolute atomic E-state index is 0.0135. The summed E-state index contributed by atoms with van der Waals surface area (Å²) in [6.45, 7) is 0.335. The summed E-state index contributed by atoms with van der Waals surface area (Å²) < 4.78 is 29.5. The molecule has 0 bridgehead atoms. The van der Waals surface area contributed by atoms with E-state index in [4.69, 9.17) is 16.0 Å². The van der Waals surface area contributed by atoms with Gasteiger partial charge >= 0.3 is 16.3 Å². The van der Waals surface area contributed by atoms with E-state index in [1.165, 1.54) is 4.89 Å². The van der Waals surface area contributed by atoms with E-state index in [0.29, 0.717) is 6.54 Å². The molecule has 0 radical (unpaired) electrons. The molecule has 1 fully saturated rings. The predicted octanol–water partition coefficient (Wildman–Crippen LogP) is -3.82. The van der Waals surface area contributed by atoms with Crippen LogP contribution in [0, 0.1) is 0 Å². The summed E-state index contributed by atoms with van der Waals surface area (Å²) in [4.78, 5) is 39.4. The van der Waals surface area contributed by atoms with Crippen LogP contribution in [0.3, 0.4) is 0 Å². The Morgan fingerprint density at radius 2 is 2.21 bits per heavy atom. The monoisotopic (exact) mass is 361 g/mol. The van der Waals surface area contributed by atoms with Crippen molar-refractivity contribution in [2.45, 2.75) is 30.6 Å². The molecule has 3 aliphatic rings. The van der Waals surface area contributed by atoms with E-state index in [1.807, 2.05) is 0 Å². The number of hydrogen-bond acceptors (Lipinski definition) is 11. The first-order valence-electron chi connectivity index (χ1n) is 6.83. The maximum atomic E-state index is 12.4. The van der Waals surface area contributed by atoms with Gasteiger partial charge in [-0.25, -0.2) is 9.98 Å². The van der Waals surface area contributed by atoms with Gasteiger partial charge in [-0.2, -0.15) is 8.42 Å². The number of rotatable bonds is 4. The number of guanidine groups is 2. The Morgan fingerprint density at radius 1 is 1.50 bits per heavy atom. The average molecular weight is 361 g/mol. The van der Waals surface area contributed by atoms with E-state index in [-0.39, 0.29) is 24.1 Å². The lowest BCUT2D eigenvalue weighted by atomic mass is 9.88. The minimum Gasteiger partial charge on any atom is -0.370 e. The summed E-state index contributed by atoms with van der Waals surface area (Å²) in [5.74, 6) is -1.18. The number of hydrogen-bond donors (Lipinski definition) is 5. The molecular formula is C10H15N7O6S. The minimum atomic E-state index is -4.70. The Kier molecular flexibility index (Phi) is 3.61. The van der Waals surface area contributed by atoms with Crippen molar-refractivity contribution >= 4 is 34.0 Å². The number of nitrogens with zero attached hydrogens (tertiary/aromatic N) is 3. The molecule has 0 aromatic heterocycles. The van der Waals surface area contributed by atoms with E-state index in [2.05, 4.69) is 20.1 Å². The molecule has 13 nitrogen and oxygen atoms in total. The van der Waals surface area contributed by atoms with Crippen LogP contribution >= 0.6 is 0 Å². The van der Waals surface area contributed by atoms with Crippen molar-refractivity contribution < 1.29 is 27.4 Å². The van der Waals surface area contributed by atoms with Crippen molar-refractivity contribution in [2.75, 3.05) is 6.54 Å². The van der Waals surface area contributed by atoms with Crippen molar-refractivity contribution in [1.82, 2.24) is 15.1 Å². The maximum absolute atomic E-state index is 12.4. The van der Waals surface area contributed by atoms with Crippen molar-refractivity contribution in [3.63, 3.8) is 0 Å². The van der Waals surface area contributed by atoms with Gasteiger partial charge in [0.05, 0.1) is 12.5 Å². The maximum Gasteiger partial charge on any atom is 0.365 e. The number of nitrogens with two attached hydrogens (primary N) is 2. The molecule has 1 saturated heterocycles. The van der Waals surface area contributed by atoms with Gasteiger partial charge in [0.25, 0.3) is 0 Å². The van der Waals surface area contributed by atoms with Crippen LogP contribution in [0.15, 0.2) is 9.98 Å². The molecule has 7 N–H and O–H groups in total. The summed E-state index contributed by atoms with van der Waals surface area (Å²) >= 11 is 0. The van der Waals surface area contributed by atoms with Gasteiger partial charge in [-0.15, -0.1) is 0 Å². The quantitative estimate of drug-likeness (QED) is 0.244. The molecule has 0 aromatic rings. The second-order valence-corrected chi connectivity index (χ2v) is 6.58. The standard InChI is InChI=1S/C10H15N7O6S/c11-8-14-7-4(3-6(19)23-16-24(20,21)22)13-9(12)17-2-1-5(18)10(7,17)15-8/h4,7,16H,1-3H2,(H2,12,13)(H3,11,14,15)(H,20,21,22)/t4-,7?,10?/m0/s1. The highest BCUT2D eigenvalue weighted by atomic mass is 32.2. The van der Waals surface area contributed by atoms with Gasteiger partial charge in [0.2, 0.25) is 5.66 Å². The zero-order valence-electron chi connectivity index (χ0n) is 12.2. The van der Waals surface area contributed by atoms with Crippen molar-refractivity contribution in [3.05, 3.63) is 0 Å². The molecule has 3 heterocycles. The number of carbonyl (C=O) groups is 2. The van der Waals surface area contributed by atoms with Gasteiger partial charge in [0.1, 0.15) is 6.04 Å². The molecule has 2 unspecified atom stereocenters. The van der Waals surface area contributed by atoms with Gasteiger partial charge in [-0.1, -0.05) is 0 Å². The average Bonchev–Trinajstić information content (AvgIpc) is 2.97. The molecule has 14 heteroatoms. The largest absolute Gasteiger partial charge is 0.370 e. The first-order valence-corrected chi connectivity index (χ1v) is 8.27. The highest BCUT2D eigenvalue weighted by molar-refractivity contribution is 7.83. The number of aliphatic imine (C=N–C) groups is 2. The highest BCUT2D eigenvalue weighted by Gasteiger charge is 2.62. The predicted molar refractivity (Wildman–Crippen MR) is 78.4 cm³/mol. The lowest BCUT2D eigenvalue weighted by Gasteiger charge is -2.43. The van der Waals surface area contributed by atoms with E-state index >= 15 is 0 Å². The van der Waals surface area contributed by atoms with Crippen LogP contribution in [0.2, 0.25) is 0 Å². The molecule has 132 valence electrons. The van der Waals surface area contributed by atoms with E-state index in [1.54, 1.807) is 4.90 Å². The Balaban J connectivity index is 1.83. The molecule has 0 aliphatic carbocycles. The second-order valence-electron chi connectivity index (χ2n) is 5.47. The SMILES string of the molecule is NC1=NC2[C@H](CC(=O)ONS(=O)(=O)O)N=C(N)N3CCC(=O)C23N1. The van der Waals surface area contributed by atoms with Crippen LogP contribution in [-0.2, 0) is 24.7 Å².